The number of aromatic nitrogens is 4. The molecule has 0 spiro atoms. The number of fused-ring (bicyclic) bond motifs is 16. The fourth-order valence-electron chi connectivity index (χ4n) is 20.7. The second-order valence-electron chi connectivity index (χ2n) is 33.8. The smallest absolute Gasteiger partial charge is 0.381 e. The number of ether oxygens (including phenoxy) is 1. The summed E-state index contributed by atoms with van der Waals surface area (Å²) in [6.45, 7) is 2.00. The van der Waals surface area contributed by atoms with Gasteiger partial charge in [0.15, 0.2) is 11.6 Å². The van der Waals surface area contributed by atoms with Gasteiger partial charge in [-0.1, -0.05) is 328 Å². The summed E-state index contributed by atoms with van der Waals surface area (Å²) >= 11 is 0. The van der Waals surface area contributed by atoms with E-state index in [-0.39, 0.29) is 30.4 Å². The summed E-state index contributed by atoms with van der Waals surface area (Å²) < 4.78 is 14.1. The van der Waals surface area contributed by atoms with Gasteiger partial charge in [0.25, 0.3) is 0 Å². The Morgan fingerprint density at radius 3 is 0.705 bits per heavy atom. The first kappa shape index (κ1) is 81.9. The van der Waals surface area contributed by atoms with E-state index < -0.39 is 11.2 Å². The second-order valence-corrected chi connectivity index (χ2v) is 33.8. The fraction of sp³-hybridized carbons (Fsp3) is 0.0492. The summed E-state index contributed by atoms with van der Waals surface area (Å²) in [7, 11) is 0. The van der Waals surface area contributed by atoms with Crippen LogP contribution in [0.1, 0.15) is 78.1 Å². The molecule has 2 aliphatic carbocycles. The van der Waals surface area contributed by atoms with Gasteiger partial charge >= 0.3 is 18.9 Å². The van der Waals surface area contributed by atoms with Gasteiger partial charge in [0, 0.05) is 124 Å². The van der Waals surface area contributed by atoms with Crippen molar-refractivity contribution >= 4 is 98.8 Å². The van der Waals surface area contributed by atoms with E-state index in [0.717, 1.165) is 136 Å². The van der Waals surface area contributed by atoms with Crippen molar-refractivity contribution in [3.63, 3.8) is 0 Å². The SMILES string of the molecule is C1CCOC1.O=C1c2cccc(-c3ccc(-n4c5ccccc5c5ccccc54)cc3)c2C(=O)c2cccc(-c3ccc(-n4c5ccccc5c5ccccc54)cc3)c21.OC1(c2ccccc2)c2cccc(-c3ccc(-n4c5ccccc5c5ccccc54)cc3)c2C(O)(c2ccccc2)c2cccc(-c3ccc(-n4c5ccccc5c5ccccc54)cc3)c21.[Li+].[c-]1ccccc1. The van der Waals surface area contributed by atoms with E-state index in [9.17, 15) is 19.8 Å². The van der Waals surface area contributed by atoms with Gasteiger partial charge < -0.3 is 33.2 Å². The third-order valence-corrected chi connectivity index (χ3v) is 26.6. The number of nitrogens with zero attached hydrogens (tertiary/aromatic N) is 4. The van der Waals surface area contributed by atoms with Gasteiger partial charge in [-0.2, -0.15) is 36.4 Å². The zero-order valence-electron chi connectivity index (χ0n) is 72.5. The Labute approximate surface area is 776 Å². The minimum atomic E-state index is -1.66. The first-order valence-electron chi connectivity index (χ1n) is 44.7. The van der Waals surface area contributed by atoms with Crippen molar-refractivity contribution in [1.29, 1.82) is 0 Å². The van der Waals surface area contributed by atoms with Gasteiger partial charge in [0.05, 0.1) is 44.1 Å². The molecule has 0 radical (unpaired) electrons. The Kier molecular flexibility index (Phi) is 21.3. The first-order valence-corrected chi connectivity index (χ1v) is 44.7. The Hall–Kier alpha value is -15.8. The molecule has 0 bridgehead atoms. The summed E-state index contributed by atoms with van der Waals surface area (Å²) in [6, 6.07) is 158. The molecule has 9 nitrogen and oxygen atoms in total. The standard InChI is InChI=1S/C62H42N2O2.C50H30N2O2.C6H5.C4H8O.Li/c65-61(43-17-3-1-4-18-43)53-27-15-26-48(42-35-39-46(40-36-42)64-57-31-13-9-23-51(57)52-24-10-14-32-58(52)64)60(53)62(66,44-19-5-2-6-20-44)54-28-16-25-47(59(54)61)41-33-37-45(38-34-41)63-55-29-11-7-21-49(55)50-22-8-12-30-56(50)63;53-49-42-18-10-16-36(32-25-29-34(30-26-32)52-45-21-7-3-13-39(45)40-14-4-8-22-46(40)52)48(42)50(54)41-17-9-15-35(47(41)49)31-23-27-33(28-24-31)51-43-19-5-1-11-37(43)38-12-2-6-20-44(38)51;1-2-4-6-5-3-1;1-2-4-5-3-1;/h1-40,65-66H;1-30H;1-5H;1-4H2;/q;;-1;;+1. The van der Waals surface area contributed by atoms with E-state index in [1.807, 2.05) is 140 Å². The molecule has 1 saturated heterocycles. The third-order valence-electron chi connectivity index (χ3n) is 26.6. The summed E-state index contributed by atoms with van der Waals surface area (Å²) in [5.41, 5.74) is 22.6. The number of carbonyl (C=O) groups is 2. The number of hydrogen-bond acceptors (Lipinski definition) is 5. The van der Waals surface area contributed by atoms with Gasteiger partial charge in [-0.3, -0.25) is 9.59 Å². The number of hydrogen-bond donors (Lipinski definition) is 2. The van der Waals surface area contributed by atoms with Crippen molar-refractivity contribution in [2.75, 3.05) is 13.2 Å². The van der Waals surface area contributed by atoms with Crippen LogP contribution in [0, 0.1) is 6.07 Å². The van der Waals surface area contributed by atoms with Gasteiger partial charge in [-0.25, -0.2) is 0 Å². The molecule has 0 saturated carbocycles. The van der Waals surface area contributed by atoms with Crippen molar-refractivity contribution in [2.24, 2.45) is 0 Å². The van der Waals surface area contributed by atoms with Crippen LogP contribution in [0.2, 0.25) is 0 Å². The molecular formula is C122H85LiN4O5. The van der Waals surface area contributed by atoms with E-state index in [1.54, 1.807) is 12.1 Å². The van der Waals surface area contributed by atoms with E-state index in [1.165, 1.54) is 55.9 Å². The molecule has 2 unspecified atom stereocenters. The van der Waals surface area contributed by atoms with Crippen LogP contribution in [-0.4, -0.2) is 53.3 Å². The predicted molar refractivity (Wildman–Crippen MR) is 534 cm³/mol. The van der Waals surface area contributed by atoms with Crippen molar-refractivity contribution in [3.8, 4) is 67.3 Å². The molecule has 19 aromatic carbocycles. The zero-order valence-corrected chi connectivity index (χ0v) is 72.5. The molecular weight excluding hydrogens is 1610 g/mol. The monoisotopic (exact) mass is 1690 g/mol. The van der Waals surface area contributed by atoms with Crippen LogP contribution in [0.5, 0.6) is 0 Å². The Morgan fingerprint density at radius 2 is 0.462 bits per heavy atom. The molecule has 4 aromatic heterocycles. The minimum Gasteiger partial charge on any atom is -0.381 e. The van der Waals surface area contributed by atoms with Crippen LogP contribution in [0.25, 0.3) is 154 Å². The van der Waals surface area contributed by atoms with Gasteiger partial charge in [0.2, 0.25) is 0 Å². The van der Waals surface area contributed by atoms with Crippen LogP contribution in [0.3, 0.4) is 0 Å². The first-order chi connectivity index (χ1) is 64.7. The van der Waals surface area contributed by atoms with Crippen LogP contribution in [0.4, 0.5) is 0 Å². The van der Waals surface area contributed by atoms with Crippen molar-refractivity contribution in [3.05, 3.63) is 517 Å². The summed E-state index contributed by atoms with van der Waals surface area (Å²) in [5.74, 6) is -0.268. The van der Waals surface area contributed by atoms with Crippen LogP contribution >= 0.6 is 0 Å². The summed E-state index contributed by atoms with van der Waals surface area (Å²) in [6.07, 6.45) is 2.56. The number of para-hydroxylation sites is 8. The zero-order chi connectivity index (χ0) is 87.7. The topological polar surface area (TPSA) is 104 Å². The summed E-state index contributed by atoms with van der Waals surface area (Å²) in [5, 5.41) is 37.7. The maximum absolute atomic E-state index is 14.5. The Bertz CT molecular complexity index is 7640. The Morgan fingerprint density at radius 1 is 0.235 bits per heavy atom. The number of rotatable bonds is 10. The molecule has 23 aromatic rings. The van der Waals surface area contributed by atoms with Crippen molar-refractivity contribution in [1.82, 2.24) is 18.3 Å². The number of carbonyl (C=O) groups excluding carboxylic acids is 2. The van der Waals surface area contributed by atoms with Crippen LogP contribution in [-0.2, 0) is 15.9 Å². The Balaban J connectivity index is 0.000000139. The molecule has 3 aliphatic rings. The quantitative estimate of drug-likeness (QED) is 0.105. The molecule has 2 N–H and O–H groups in total. The largest absolute Gasteiger partial charge is 1.00 e. The predicted octanol–water partition coefficient (Wildman–Crippen LogP) is 25.4. The van der Waals surface area contributed by atoms with E-state index >= 15 is 0 Å². The molecule has 1 fully saturated rings. The molecule has 10 heteroatoms. The average Bonchev–Trinajstić information content (AvgIpc) is 0.723. The molecule has 26 rings (SSSR count). The van der Waals surface area contributed by atoms with Gasteiger partial charge in [-0.05, 0) is 166 Å². The second kappa shape index (κ2) is 34.3. The van der Waals surface area contributed by atoms with E-state index in [4.69, 9.17) is 4.74 Å². The van der Waals surface area contributed by atoms with Crippen molar-refractivity contribution in [2.45, 2.75) is 24.0 Å². The maximum atomic E-state index is 14.5. The molecule has 5 heterocycles. The number of benzene rings is 19. The van der Waals surface area contributed by atoms with Crippen molar-refractivity contribution < 1.29 is 43.4 Å². The molecule has 132 heavy (non-hydrogen) atoms. The van der Waals surface area contributed by atoms with Crippen LogP contribution < -0.4 is 18.9 Å². The van der Waals surface area contributed by atoms with Gasteiger partial charge in [-0.15, -0.1) is 0 Å². The molecule has 1 aliphatic heterocycles. The molecule has 624 valence electrons. The fourth-order valence-corrected chi connectivity index (χ4v) is 20.7. The minimum absolute atomic E-state index is 0. The third kappa shape index (κ3) is 13.7. The van der Waals surface area contributed by atoms with Gasteiger partial charge in [0.1, 0.15) is 11.2 Å². The molecule has 2 atom stereocenters. The normalized spacial score (nSPS) is 14.8. The average molecular weight is 1690 g/mol. The molecule has 0 amide bonds. The van der Waals surface area contributed by atoms with E-state index in [2.05, 4.69) is 328 Å². The summed E-state index contributed by atoms with van der Waals surface area (Å²) in [4.78, 5) is 29.0. The number of aliphatic hydroxyl groups is 2. The van der Waals surface area contributed by atoms with E-state index in [0.29, 0.717) is 44.5 Å². The van der Waals surface area contributed by atoms with Crippen LogP contribution in [0.15, 0.2) is 455 Å². The number of ketones is 2. The maximum Gasteiger partial charge on any atom is 1.00 e.